The fourth-order valence-electron chi connectivity index (χ4n) is 3.33. The van der Waals surface area contributed by atoms with Crippen LogP contribution in [0.4, 0.5) is 0 Å². The van der Waals surface area contributed by atoms with Crippen LogP contribution in [-0.4, -0.2) is 55.0 Å². The van der Waals surface area contributed by atoms with E-state index in [9.17, 15) is 4.79 Å². The molecule has 7 heteroatoms. The Labute approximate surface area is 163 Å². The zero-order chi connectivity index (χ0) is 19.3. The van der Waals surface area contributed by atoms with Crippen molar-refractivity contribution in [3.8, 4) is 17.0 Å². The minimum absolute atomic E-state index is 0.0907. The Balaban J connectivity index is 1.56. The van der Waals surface area contributed by atoms with E-state index in [1.54, 1.807) is 13.3 Å². The van der Waals surface area contributed by atoms with Gasteiger partial charge in [0.15, 0.2) is 0 Å². The van der Waals surface area contributed by atoms with Gasteiger partial charge < -0.3 is 24.1 Å². The SMILES string of the molecule is COc1ccc(-c2cc3cccnc3n2CC(=O)NCC2COCCO2)cc1. The van der Waals surface area contributed by atoms with Gasteiger partial charge in [-0.2, -0.15) is 0 Å². The molecule has 3 heterocycles. The number of rotatable bonds is 6. The van der Waals surface area contributed by atoms with Gasteiger partial charge >= 0.3 is 0 Å². The second-order valence-corrected chi connectivity index (χ2v) is 6.63. The van der Waals surface area contributed by atoms with E-state index in [4.69, 9.17) is 14.2 Å². The van der Waals surface area contributed by atoms with Crippen molar-refractivity contribution >= 4 is 16.9 Å². The van der Waals surface area contributed by atoms with E-state index in [1.165, 1.54) is 0 Å². The maximum atomic E-state index is 12.6. The lowest BCUT2D eigenvalue weighted by atomic mass is 10.1. The van der Waals surface area contributed by atoms with Crippen molar-refractivity contribution < 1.29 is 19.0 Å². The molecule has 1 atom stereocenters. The Hall–Kier alpha value is -2.90. The smallest absolute Gasteiger partial charge is 0.240 e. The minimum Gasteiger partial charge on any atom is -0.497 e. The number of fused-ring (bicyclic) bond motifs is 1. The molecule has 0 bridgehead atoms. The number of ether oxygens (including phenoxy) is 3. The minimum atomic E-state index is -0.0988. The molecule has 3 aromatic rings. The zero-order valence-electron chi connectivity index (χ0n) is 15.8. The Morgan fingerprint density at radius 1 is 1.29 bits per heavy atom. The third-order valence-electron chi connectivity index (χ3n) is 4.75. The van der Waals surface area contributed by atoms with Gasteiger partial charge in [0.1, 0.15) is 17.9 Å². The Kier molecular flexibility index (Phi) is 5.55. The molecule has 7 nitrogen and oxygen atoms in total. The lowest BCUT2D eigenvalue weighted by molar-refractivity contribution is -0.124. The number of carbonyl (C=O) groups is 1. The van der Waals surface area contributed by atoms with Crippen LogP contribution in [0.25, 0.3) is 22.3 Å². The molecule has 1 aromatic carbocycles. The summed E-state index contributed by atoms with van der Waals surface area (Å²) in [5, 5.41) is 3.93. The first-order valence-electron chi connectivity index (χ1n) is 9.29. The Morgan fingerprint density at radius 2 is 2.14 bits per heavy atom. The van der Waals surface area contributed by atoms with Crippen molar-refractivity contribution in [2.75, 3.05) is 33.5 Å². The number of nitrogens with zero attached hydrogens (tertiary/aromatic N) is 2. The normalized spacial score (nSPS) is 16.8. The summed E-state index contributed by atoms with van der Waals surface area (Å²) in [5.74, 6) is 0.698. The van der Waals surface area contributed by atoms with Gasteiger partial charge in [0, 0.05) is 18.1 Å². The quantitative estimate of drug-likeness (QED) is 0.709. The van der Waals surface area contributed by atoms with Crippen LogP contribution in [0.5, 0.6) is 5.75 Å². The molecule has 2 aromatic heterocycles. The van der Waals surface area contributed by atoms with Gasteiger partial charge in [-0.15, -0.1) is 0 Å². The van der Waals surface area contributed by atoms with Crippen LogP contribution in [0.2, 0.25) is 0 Å². The van der Waals surface area contributed by atoms with Crippen molar-refractivity contribution in [2.24, 2.45) is 0 Å². The molecular weight excluding hydrogens is 358 g/mol. The number of nitrogens with one attached hydrogen (secondary N) is 1. The summed E-state index contributed by atoms with van der Waals surface area (Å²) in [6, 6.07) is 13.7. The van der Waals surface area contributed by atoms with E-state index >= 15 is 0 Å². The molecule has 0 spiro atoms. The van der Waals surface area contributed by atoms with Gasteiger partial charge in [-0.25, -0.2) is 4.98 Å². The van der Waals surface area contributed by atoms with E-state index in [0.717, 1.165) is 28.0 Å². The molecule has 0 aliphatic carbocycles. The number of hydrogen-bond donors (Lipinski definition) is 1. The maximum Gasteiger partial charge on any atom is 0.240 e. The molecule has 1 fully saturated rings. The Bertz CT molecular complexity index is 946. The van der Waals surface area contributed by atoms with Crippen LogP contribution in [0.3, 0.4) is 0 Å². The van der Waals surface area contributed by atoms with E-state index < -0.39 is 0 Å². The predicted molar refractivity (Wildman–Crippen MR) is 105 cm³/mol. The zero-order valence-corrected chi connectivity index (χ0v) is 15.8. The van der Waals surface area contributed by atoms with Crippen molar-refractivity contribution in [1.29, 1.82) is 0 Å². The third-order valence-corrected chi connectivity index (χ3v) is 4.75. The van der Waals surface area contributed by atoms with Crippen molar-refractivity contribution in [3.05, 3.63) is 48.7 Å². The molecule has 146 valence electrons. The van der Waals surface area contributed by atoms with Crippen LogP contribution in [0, 0.1) is 0 Å². The summed E-state index contributed by atoms with van der Waals surface area (Å²) in [4.78, 5) is 17.1. The number of carbonyl (C=O) groups excluding carboxylic acids is 1. The lowest BCUT2D eigenvalue weighted by Crippen LogP contribution is -2.40. The maximum absolute atomic E-state index is 12.6. The van der Waals surface area contributed by atoms with Gasteiger partial charge in [-0.1, -0.05) is 0 Å². The predicted octanol–water partition coefficient (Wildman–Crippen LogP) is 2.24. The molecule has 0 radical (unpaired) electrons. The van der Waals surface area contributed by atoms with Gasteiger partial charge in [-0.05, 0) is 48.0 Å². The first kappa shape index (κ1) is 18.5. The van der Waals surface area contributed by atoms with E-state index in [2.05, 4.69) is 16.4 Å². The summed E-state index contributed by atoms with van der Waals surface area (Å²) in [5.41, 5.74) is 2.71. The average molecular weight is 381 g/mol. The average Bonchev–Trinajstić information content (AvgIpc) is 3.11. The fraction of sp³-hybridized carbons (Fsp3) is 0.333. The summed E-state index contributed by atoms with van der Waals surface area (Å²) < 4.78 is 18.1. The summed E-state index contributed by atoms with van der Waals surface area (Å²) >= 11 is 0. The van der Waals surface area contributed by atoms with Crippen LogP contribution in [0.1, 0.15) is 0 Å². The van der Waals surface area contributed by atoms with Crippen LogP contribution < -0.4 is 10.1 Å². The van der Waals surface area contributed by atoms with Gasteiger partial charge in [0.25, 0.3) is 0 Å². The summed E-state index contributed by atoms with van der Waals surface area (Å²) in [6.45, 7) is 2.29. The standard InChI is InChI=1S/C21H23N3O4/c1-26-17-6-4-15(5-7-17)19-11-16-3-2-8-22-21(16)24(19)13-20(25)23-12-18-14-27-9-10-28-18/h2-8,11,18H,9-10,12-14H2,1H3,(H,23,25). The first-order chi connectivity index (χ1) is 13.7. The number of pyridine rings is 1. The molecule has 1 unspecified atom stereocenters. The molecule has 1 amide bonds. The van der Waals surface area contributed by atoms with E-state index in [-0.39, 0.29) is 18.6 Å². The molecular formula is C21H23N3O4. The number of aromatic nitrogens is 2. The molecule has 1 aliphatic heterocycles. The lowest BCUT2D eigenvalue weighted by Gasteiger charge is -2.23. The number of amides is 1. The van der Waals surface area contributed by atoms with Crippen molar-refractivity contribution in [2.45, 2.75) is 12.6 Å². The third kappa shape index (κ3) is 4.00. The second kappa shape index (κ2) is 8.41. The van der Waals surface area contributed by atoms with Crippen LogP contribution >= 0.6 is 0 Å². The molecule has 1 aliphatic rings. The van der Waals surface area contributed by atoms with E-state index in [1.807, 2.05) is 41.0 Å². The monoisotopic (exact) mass is 381 g/mol. The molecule has 1 saturated heterocycles. The summed E-state index contributed by atoms with van der Waals surface area (Å²) in [6.07, 6.45) is 1.64. The van der Waals surface area contributed by atoms with Crippen LogP contribution in [0.15, 0.2) is 48.7 Å². The van der Waals surface area contributed by atoms with Crippen molar-refractivity contribution in [3.63, 3.8) is 0 Å². The molecule has 1 N–H and O–H groups in total. The highest BCUT2D eigenvalue weighted by Crippen LogP contribution is 2.28. The highest BCUT2D eigenvalue weighted by atomic mass is 16.6. The molecule has 4 rings (SSSR count). The number of hydrogen-bond acceptors (Lipinski definition) is 5. The van der Waals surface area contributed by atoms with Gasteiger partial charge in [0.2, 0.25) is 5.91 Å². The first-order valence-corrected chi connectivity index (χ1v) is 9.29. The topological polar surface area (TPSA) is 74.6 Å². The number of methoxy groups -OCH3 is 1. The van der Waals surface area contributed by atoms with Crippen LogP contribution in [-0.2, 0) is 20.8 Å². The van der Waals surface area contributed by atoms with E-state index in [0.29, 0.717) is 26.4 Å². The van der Waals surface area contributed by atoms with Gasteiger partial charge in [0.05, 0.1) is 38.7 Å². The second-order valence-electron chi connectivity index (χ2n) is 6.63. The van der Waals surface area contributed by atoms with Gasteiger partial charge in [-0.3, -0.25) is 4.79 Å². The Morgan fingerprint density at radius 3 is 2.89 bits per heavy atom. The highest BCUT2D eigenvalue weighted by Gasteiger charge is 2.18. The number of benzene rings is 1. The largest absolute Gasteiger partial charge is 0.497 e. The molecule has 0 saturated carbocycles. The van der Waals surface area contributed by atoms with Crippen molar-refractivity contribution in [1.82, 2.24) is 14.9 Å². The summed E-state index contributed by atoms with van der Waals surface area (Å²) in [7, 11) is 1.64. The fourth-order valence-corrected chi connectivity index (χ4v) is 3.33. The molecule has 28 heavy (non-hydrogen) atoms. The highest BCUT2D eigenvalue weighted by molar-refractivity contribution is 5.87.